The van der Waals surface area contributed by atoms with Crippen molar-refractivity contribution in [1.82, 2.24) is 4.72 Å². The number of nitrogens with one attached hydrogen (secondary N) is 1. The van der Waals surface area contributed by atoms with Crippen molar-refractivity contribution in [3.05, 3.63) is 0 Å². The molecular formula is C12H27NO2S. The van der Waals surface area contributed by atoms with Crippen molar-refractivity contribution in [2.24, 2.45) is 0 Å². The van der Waals surface area contributed by atoms with Gasteiger partial charge in [0.2, 0.25) is 10.0 Å². The number of unbranched alkanes of at least 4 members (excludes halogenated alkanes) is 6. The summed E-state index contributed by atoms with van der Waals surface area (Å²) in [5, 5.41) is 0. The summed E-state index contributed by atoms with van der Waals surface area (Å²) in [7, 11) is -3.00. The first-order chi connectivity index (χ1) is 7.62. The molecule has 0 unspecified atom stereocenters. The highest BCUT2D eigenvalue weighted by molar-refractivity contribution is 7.89. The third-order valence-corrected chi connectivity index (χ3v) is 4.09. The Kier molecular flexibility index (Phi) is 10.0. The van der Waals surface area contributed by atoms with Crippen LogP contribution >= 0.6 is 0 Å². The molecule has 0 heterocycles. The fraction of sp³-hybridized carbons (Fsp3) is 1.00. The lowest BCUT2D eigenvalue weighted by atomic mass is 10.2. The van der Waals surface area contributed by atoms with Crippen molar-refractivity contribution in [1.29, 1.82) is 0 Å². The Morgan fingerprint density at radius 3 is 1.94 bits per heavy atom. The van der Waals surface area contributed by atoms with Crippen molar-refractivity contribution in [3.8, 4) is 0 Å². The van der Waals surface area contributed by atoms with Crippen molar-refractivity contribution in [2.45, 2.75) is 65.2 Å². The van der Waals surface area contributed by atoms with Gasteiger partial charge < -0.3 is 0 Å². The van der Waals surface area contributed by atoms with E-state index in [-0.39, 0.29) is 0 Å². The van der Waals surface area contributed by atoms with Gasteiger partial charge in [0.15, 0.2) is 0 Å². The predicted octanol–water partition coefficient (Wildman–Crippen LogP) is 3.07. The predicted molar refractivity (Wildman–Crippen MR) is 70.1 cm³/mol. The van der Waals surface area contributed by atoms with Gasteiger partial charge in [-0.1, -0.05) is 52.4 Å². The van der Waals surface area contributed by atoms with Crippen LogP contribution in [0.25, 0.3) is 0 Å². The molecule has 1 N–H and O–H groups in total. The van der Waals surface area contributed by atoms with E-state index in [0.717, 1.165) is 38.5 Å². The number of sulfonamides is 1. The van der Waals surface area contributed by atoms with Crippen molar-refractivity contribution < 1.29 is 8.42 Å². The normalized spacial score (nSPS) is 11.9. The number of hydrogen-bond donors (Lipinski definition) is 1. The van der Waals surface area contributed by atoms with Crippen LogP contribution in [0.15, 0.2) is 0 Å². The van der Waals surface area contributed by atoms with E-state index in [1.54, 1.807) is 0 Å². The Bertz CT molecular complexity index is 237. The molecule has 3 nitrogen and oxygen atoms in total. The SMILES string of the molecule is CCCCCCNS(=O)(=O)CCCCCC. The molecule has 98 valence electrons. The summed E-state index contributed by atoms with van der Waals surface area (Å²) >= 11 is 0. The van der Waals surface area contributed by atoms with Gasteiger partial charge in [-0.15, -0.1) is 0 Å². The van der Waals surface area contributed by atoms with Crippen LogP contribution in [-0.2, 0) is 10.0 Å². The van der Waals surface area contributed by atoms with E-state index in [2.05, 4.69) is 18.6 Å². The zero-order chi connectivity index (χ0) is 12.3. The summed E-state index contributed by atoms with van der Waals surface area (Å²) in [4.78, 5) is 0. The quantitative estimate of drug-likeness (QED) is 0.572. The second-order valence-corrected chi connectivity index (χ2v) is 6.26. The fourth-order valence-electron chi connectivity index (χ4n) is 1.57. The standard InChI is InChI=1S/C12H27NO2S/c1-3-5-7-9-11-13-16(14,15)12-10-8-6-4-2/h13H,3-12H2,1-2H3. The second kappa shape index (κ2) is 10.1. The van der Waals surface area contributed by atoms with Crippen LogP contribution < -0.4 is 4.72 Å². The van der Waals surface area contributed by atoms with Crippen LogP contribution in [0.3, 0.4) is 0 Å². The molecule has 4 heteroatoms. The van der Waals surface area contributed by atoms with Gasteiger partial charge in [-0.3, -0.25) is 0 Å². The highest BCUT2D eigenvalue weighted by Gasteiger charge is 2.07. The molecule has 0 aliphatic carbocycles. The van der Waals surface area contributed by atoms with Gasteiger partial charge in [-0.25, -0.2) is 13.1 Å². The molecule has 16 heavy (non-hydrogen) atoms. The van der Waals surface area contributed by atoms with E-state index in [4.69, 9.17) is 0 Å². The zero-order valence-corrected chi connectivity index (χ0v) is 11.6. The summed E-state index contributed by atoms with van der Waals surface area (Å²) in [5.74, 6) is 0.292. The van der Waals surface area contributed by atoms with E-state index in [9.17, 15) is 8.42 Å². The Balaban J connectivity index is 3.47. The Morgan fingerprint density at radius 2 is 1.38 bits per heavy atom. The lowest BCUT2D eigenvalue weighted by molar-refractivity contribution is 0.568. The number of hydrogen-bond acceptors (Lipinski definition) is 2. The molecule has 0 spiro atoms. The van der Waals surface area contributed by atoms with E-state index in [0.29, 0.717) is 12.3 Å². The molecule has 0 rings (SSSR count). The zero-order valence-electron chi connectivity index (χ0n) is 10.8. The van der Waals surface area contributed by atoms with Gasteiger partial charge >= 0.3 is 0 Å². The van der Waals surface area contributed by atoms with Crippen LogP contribution in [0.2, 0.25) is 0 Å². The summed E-state index contributed by atoms with van der Waals surface area (Å²) in [6.07, 6.45) is 8.54. The summed E-state index contributed by atoms with van der Waals surface area (Å²) in [6.45, 7) is 4.88. The van der Waals surface area contributed by atoms with Crippen LogP contribution in [0.5, 0.6) is 0 Å². The first kappa shape index (κ1) is 15.9. The molecule has 0 aliphatic rings. The molecule has 0 atom stereocenters. The maximum Gasteiger partial charge on any atom is 0.211 e. The van der Waals surface area contributed by atoms with Crippen LogP contribution in [0, 0.1) is 0 Å². The van der Waals surface area contributed by atoms with E-state index >= 15 is 0 Å². The monoisotopic (exact) mass is 249 g/mol. The van der Waals surface area contributed by atoms with Gasteiger partial charge in [0.05, 0.1) is 5.75 Å². The fourth-order valence-corrected chi connectivity index (χ4v) is 2.75. The Labute approximate surface area is 101 Å². The molecule has 0 bridgehead atoms. The van der Waals surface area contributed by atoms with E-state index in [1.165, 1.54) is 12.8 Å². The molecule has 0 aromatic rings. The minimum Gasteiger partial charge on any atom is -0.215 e. The van der Waals surface area contributed by atoms with Gasteiger partial charge in [-0.2, -0.15) is 0 Å². The average Bonchev–Trinajstić information content (AvgIpc) is 2.24. The number of rotatable bonds is 11. The molecule has 0 radical (unpaired) electrons. The van der Waals surface area contributed by atoms with Gasteiger partial charge in [0.25, 0.3) is 0 Å². The Morgan fingerprint density at radius 1 is 0.812 bits per heavy atom. The highest BCUT2D eigenvalue weighted by atomic mass is 32.2. The minimum atomic E-state index is -3.00. The maximum atomic E-state index is 11.5. The highest BCUT2D eigenvalue weighted by Crippen LogP contribution is 2.02. The molecule has 0 fully saturated rings. The topological polar surface area (TPSA) is 46.2 Å². The molecule has 0 saturated carbocycles. The summed E-state index contributed by atoms with van der Waals surface area (Å²) in [5.41, 5.74) is 0. The Hall–Kier alpha value is -0.0900. The van der Waals surface area contributed by atoms with Crippen LogP contribution in [-0.4, -0.2) is 20.7 Å². The van der Waals surface area contributed by atoms with Crippen molar-refractivity contribution in [3.63, 3.8) is 0 Å². The lowest BCUT2D eigenvalue weighted by Crippen LogP contribution is -2.27. The van der Waals surface area contributed by atoms with Crippen LogP contribution in [0.4, 0.5) is 0 Å². The molecule has 0 aromatic carbocycles. The van der Waals surface area contributed by atoms with E-state index < -0.39 is 10.0 Å². The summed E-state index contributed by atoms with van der Waals surface area (Å²) in [6, 6.07) is 0. The van der Waals surface area contributed by atoms with Crippen LogP contribution in [0.1, 0.15) is 65.2 Å². The molecule has 0 aliphatic heterocycles. The largest absolute Gasteiger partial charge is 0.215 e. The molecular weight excluding hydrogens is 222 g/mol. The second-order valence-electron chi connectivity index (χ2n) is 4.33. The third-order valence-electron chi connectivity index (χ3n) is 2.62. The average molecular weight is 249 g/mol. The first-order valence-electron chi connectivity index (χ1n) is 6.59. The molecule has 0 amide bonds. The summed E-state index contributed by atoms with van der Waals surface area (Å²) < 4.78 is 25.7. The van der Waals surface area contributed by atoms with E-state index in [1.807, 2.05) is 0 Å². The van der Waals surface area contributed by atoms with Crippen molar-refractivity contribution >= 4 is 10.0 Å². The minimum absolute atomic E-state index is 0.292. The van der Waals surface area contributed by atoms with Gasteiger partial charge in [-0.05, 0) is 12.8 Å². The third kappa shape index (κ3) is 10.4. The van der Waals surface area contributed by atoms with Gasteiger partial charge in [0.1, 0.15) is 0 Å². The maximum absolute atomic E-state index is 11.5. The van der Waals surface area contributed by atoms with Crippen molar-refractivity contribution in [2.75, 3.05) is 12.3 Å². The first-order valence-corrected chi connectivity index (χ1v) is 8.25. The molecule has 0 saturated heterocycles. The molecule has 0 aromatic heterocycles. The lowest BCUT2D eigenvalue weighted by Gasteiger charge is -2.06. The smallest absolute Gasteiger partial charge is 0.211 e. The van der Waals surface area contributed by atoms with Gasteiger partial charge in [0, 0.05) is 6.54 Å².